The fraction of sp³-hybridized carbons (Fsp3) is 0.611. The van der Waals surface area contributed by atoms with Crippen LogP contribution in [0, 0.1) is 5.92 Å². The number of rotatable bonds is 4. The molecule has 5 heteroatoms. The van der Waals surface area contributed by atoms with Crippen molar-refractivity contribution < 1.29 is 14.3 Å². The Kier molecular flexibility index (Phi) is 5.06. The first kappa shape index (κ1) is 16.1. The number of ether oxygens (including phenoxy) is 2. The summed E-state index contributed by atoms with van der Waals surface area (Å²) in [5.41, 5.74) is 13.0. The first-order chi connectivity index (χ1) is 11.1. The van der Waals surface area contributed by atoms with Crippen molar-refractivity contribution in [3.63, 3.8) is 0 Å². The summed E-state index contributed by atoms with van der Waals surface area (Å²) in [6.45, 7) is 1.27. The Morgan fingerprint density at radius 1 is 1.17 bits per heavy atom. The quantitative estimate of drug-likeness (QED) is 0.893. The summed E-state index contributed by atoms with van der Waals surface area (Å²) >= 11 is 0. The first-order valence-corrected chi connectivity index (χ1v) is 8.64. The van der Waals surface area contributed by atoms with Gasteiger partial charge in [-0.3, -0.25) is 4.79 Å². The third-order valence-electron chi connectivity index (χ3n) is 4.89. The van der Waals surface area contributed by atoms with E-state index >= 15 is 0 Å². The smallest absolute Gasteiger partial charge is 0.252 e. The van der Waals surface area contributed by atoms with E-state index in [4.69, 9.17) is 20.9 Å². The zero-order valence-corrected chi connectivity index (χ0v) is 13.6. The van der Waals surface area contributed by atoms with Crippen LogP contribution >= 0.6 is 0 Å². The van der Waals surface area contributed by atoms with Crippen LogP contribution in [-0.2, 0) is 0 Å². The van der Waals surface area contributed by atoms with E-state index in [-0.39, 0.29) is 6.04 Å². The molecular formula is C18H26N2O3. The Hall–Kier alpha value is -1.75. The number of primary amides is 1. The van der Waals surface area contributed by atoms with Crippen LogP contribution in [0.2, 0.25) is 0 Å². The van der Waals surface area contributed by atoms with Crippen LogP contribution in [0.3, 0.4) is 0 Å². The highest BCUT2D eigenvalue weighted by atomic mass is 16.5. The Morgan fingerprint density at radius 2 is 1.96 bits per heavy atom. The summed E-state index contributed by atoms with van der Waals surface area (Å²) in [4.78, 5) is 11.8. The average molecular weight is 318 g/mol. The van der Waals surface area contributed by atoms with Gasteiger partial charge in [0, 0.05) is 17.7 Å². The molecule has 1 aliphatic carbocycles. The normalized spacial score (nSPS) is 21.9. The molecule has 4 N–H and O–H groups in total. The van der Waals surface area contributed by atoms with Gasteiger partial charge >= 0.3 is 0 Å². The van der Waals surface area contributed by atoms with E-state index in [9.17, 15) is 4.79 Å². The minimum absolute atomic E-state index is 0.127. The van der Waals surface area contributed by atoms with E-state index in [0.29, 0.717) is 30.4 Å². The molecule has 1 saturated carbocycles. The maximum Gasteiger partial charge on any atom is 0.252 e. The van der Waals surface area contributed by atoms with E-state index in [0.717, 1.165) is 24.2 Å². The van der Waals surface area contributed by atoms with Crippen molar-refractivity contribution in [3.8, 4) is 11.5 Å². The van der Waals surface area contributed by atoms with E-state index in [1.54, 1.807) is 12.1 Å². The molecule has 2 aliphatic rings. The van der Waals surface area contributed by atoms with Gasteiger partial charge in [0.1, 0.15) is 11.5 Å². The lowest BCUT2D eigenvalue weighted by Gasteiger charge is -2.23. The van der Waals surface area contributed by atoms with Gasteiger partial charge in [0.05, 0.1) is 18.8 Å². The Bertz CT molecular complexity index is 568. The standard InChI is InChI=1S/C18H26N2O3/c19-15-7-4-8-22-16-10-17(14(18(20)21)9-13(15)16)23-11-12-5-2-1-3-6-12/h9-10,12,15H,1-8,11,19H2,(H2,20,21)/t15-/m1/s1. The van der Waals surface area contributed by atoms with Gasteiger partial charge in [0.15, 0.2) is 0 Å². The third kappa shape index (κ3) is 3.78. The van der Waals surface area contributed by atoms with Crippen molar-refractivity contribution in [2.45, 2.75) is 51.0 Å². The van der Waals surface area contributed by atoms with Gasteiger partial charge in [-0.1, -0.05) is 19.3 Å². The molecular weight excluding hydrogens is 292 g/mol. The van der Waals surface area contributed by atoms with Gasteiger partial charge in [-0.15, -0.1) is 0 Å². The zero-order valence-electron chi connectivity index (χ0n) is 13.6. The highest BCUT2D eigenvalue weighted by molar-refractivity contribution is 5.96. The number of hydrogen-bond donors (Lipinski definition) is 2. The molecule has 1 heterocycles. The fourth-order valence-corrected chi connectivity index (χ4v) is 3.51. The Morgan fingerprint density at radius 3 is 2.70 bits per heavy atom. The Labute approximate surface area is 137 Å². The first-order valence-electron chi connectivity index (χ1n) is 8.64. The molecule has 1 aliphatic heterocycles. The van der Waals surface area contributed by atoms with Crippen LogP contribution in [0.4, 0.5) is 0 Å². The van der Waals surface area contributed by atoms with Crippen LogP contribution in [0.5, 0.6) is 11.5 Å². The van der Waals surface area contributed by atoms with Crippen LogP contribution in [-0.4, -0.2) is 19.1 Å². The largest absolute Gasteiger partial charge is 0.493 e. The van der Waals surface area contributed by atoms with E-state index in [2.05, 4.69) is 0 Å². The summed E-state index contributed by atoms with van der Waals surface area (Å²) in [6, 6.07) is 3.42. The molecule has 1 atom stereocenters. The minimum atomic E-state index is -0.483. The fourth-order valence-electron chi connectivity index (χ4n) is 3.51. The molecule has 1 fully saturated rings. The number of carbonyl (C=O) groups is 1. The molecule has 0 aromatic heterocycles. The summed E-state index contributed by atoms with van der Waals surface area (Å²) in [5, 5.41) is 0. The molecule has 1 amide bonds. The Balaban J connectivity index is 1.82. The van der Waals surface area contributed by atoms with E-state index < -0.39 is 5.91 Å². The second kappa shape index (κ2) is 7.21. The molecule has 0 saturated heterocycles. The third-order valence-corrected chi connectivity index (χ3v) is 4.89. The number of carbonyl (C=O) groups excluding carboxylic acids is 1. The van der Waals surface area contributed by atoms with Gasteiger partial charge in [-0.2, -0.15) is 0 Å². The highest BCUT2D eigenvalue weighted by Gasteiger charge is 2.23. The van der Waals surface area contributed by atoms with Crippen molar-refractivity contribution in [1.82, 2.24) is 0 Å². The average Bonchev–Trinajstić information content (AvgIpc) is 2.74. The molecule has 0 unspecified atom stereocenters. The van der Waals surface area contributed by atoms with Crippen LogP contribution in [0.15, 0.2) is 12.1 Å². The molecule has 1 aromatic carbocycles. The molecule has 5 nitrogen and oxygen atoms in total. The van der Waals surface area contributed by atoms with Crippen LogP contribution < -0.4 is 20.9 Å². The molecule has 126 valence electrons. The topological polar surface area (TPSA) is 87.6 Å². The van der Waals surface area contributed by atoms with Gasteiger partial charge in [-0.05, 0) is 37.7 Å². The summed E-state index contributed by atoms with van der Waals surface area (Å²) in [7, 11) is 0. The van der Waals surface area contributed by atoms with Crippen LogP contribution in [0.1, 0.15) is 66.9 Å². The van der Waals surface area contributed by atoms with Gasteiger partial charge in [0.25, 0.3) is 5.91 Å². The molecule has 0 spiro atoms. The lowest BCUT2D eigenvalue weighted by molar-refractivity contribution is 0.0994. The van der Waals surface area contributed by atoms with Crippen LogP contribution in [0.25, 0.3) is 0 Å². The minimum Gasteiger partial charge on any atom is -0.493 e. The SMILES string of the molecule is NC(=O)c1cc2c(cc1OCC1CCCCC1)OCCC[C@H]2N. The van der Waals surface area contributed by atoms with Gasteiger partial charge < -0.3 is 20.9 Å². The molecule has 23 heavy (non-hydrogen) atoms. The lowest BCUT2D eigenvalue weighted by Crippen LogP contribution is -2.19. The predicted octanol–water partition coefficient (Wildman–Crippen LogP) is 2.92. The van der Waals surface area contributed by atoms with Crippen molar-refractivity contribution in [2.24, 2.45) is 17.4 Å². The maximum absolute atomic E-state index is 11.8. The number of nitrogens with two attached hydrogens (primary N) is 2. The summed E-state index contributed by atoms with van der Waals surface area (Å²) in [6.07, 6.45) is 7.97. The van der Waals surface area contributed by atoms with E-state index in [1.807, 2.05) is 0 Å². The van der Waals surface area contributed by atoms with Crippen molar-refractivity contribution in [1.29, 1.82) is 0 Å². The highest BCUT2D eigenvalue weighted by Crippen LogP contribution is 2.36. The van der Waals surface area contributed by atoms with Crippen molar-refractivity contribution >= 4 is 5.91 Å². The second-order valence-electron chi connectivity index (χ2n) is 6.66. The van der Waals surface area contributed by atoms with Gasteiger partial charge in [0.2, 0.25) is 0 Å². The monoisotopic (exact) mass is 318 g/mol. The number of fused-ring (bicyclic) bond motifs is 1. The van der Waals surface area contributed by atoms with Crippen molar-refractivity contribution in [2.75, 3.05) is 13.2 Å². The summed E-state index contributed by atoms with van der Waals surface area (Å²) in [5.74, 6) is 1.32. The lowest BCUT2D eigenvalue weighted by atomic mass is 9.90. The van der Waals surface area contributed by atoms with Crippen molar-refractivity contribution in [3.05, 3.63) is 23.3 Å². The molecule has 0 radical (unpaired) electrons. The molecule has 3 rings (SSSR count). The van der Waals surface area contributed by atoms with Gasteiger partial charge in [-0.25, -0.2) is 0 Å². The predicted molar refractivity (Wildman–Crippen MR) is 88.7 cm³/mol. The second-order valence-corrected chi connectivity index (χ2v) is 6.66. The maximum atomic E-state index is 11.8. The molecule has 0 bridgehead atoms. The van der Waals surface area contributed by atoms with E-state index in [1.165, 1.54) is 32.1 Å². The number of benzene rings is 1. The number of amides is 1. The molecule has 1 aromatic rings. The summed E-state index contributed by atoms with van der Waals surface area (Å²) < 4.78 is 11.7. The number of hydrogen-bond acceptors (Lipinski definition) is 4. The zero-order chi connectivity index (χ0) is 16.2.